The summed E-state index contributed by atoms with van der Waals surface area (Å²) in [5, 5.41) is 20.6. The van der Waals surface area contributed by atoms with E-state index in [1.165, 1.54) is 12.0 Å². The predicted molar refractivity (Wildman–Crippen MR) is 120 cm³/mol. The molecule has 0 saturated carbocycles. The Bertz CT molecular complexity index is 1270. The standard InChI is InChI=1S/C25H17ClN2O4/c1-32-20-4-2-3-17(13-20)22-21(23(29)16-7-9-18(26)10-8-16)24(30)25(31)28(22)19-11-5-15(14-27)6-12-19/h2-13,22,29H,1H3/b23-21-. The minimum Gasteiger partial charge on any atom is -0.507 e. The lowest BCUT2D eigenvalue weighted by molar-refractivity contribution is -0.132. The van der Waals surface area contributed by atoms with Crippen LogP contribution in [-0.4, -0.2) is 23.9 Å². The lowest BCUT2D eigenvalue weighted by Crippen LogP contribution is -2.29. The molecule has 1 fully saturated rings. The van der Waals surface area contributed by atoms with E-state index in [1.807, 2.05) is 6.07 Å². The van der Waals surface area contributed by atoms with Gasteiger partial charge in [-0.2, -0.15) is 5.26 Å². The number of carbonyl (C=O) groups is 2. The monoisotopic (exact) mass is 444 g/mol. The van der Waals surface area contributed by atoms with Gasteiger partial charge in [-0.1, -0.05) is 23.7 Å². The van der Waals surface area contributed by atoms with Crippen molar-refractivity contribution in [2.75, 3.05) is 12.0 Å². The van der Waals surface area contributed by atoms with Crippen molar-refractivity contribution in [3.8, 4) is 11.8 Å². The fraction of sp³-hybridized carbons (Fsp3) is 0.0800. The number of hydrogen-bond acceptors (Lipinski definition) is 5. The van der Waals surface area contributed by atoms with Gasteiger partial charge in [-0.15, -0.1) is 0 Å². The van der Waals surface area contributed by atoms with Crippen LogP contribution in [0.2, 0.25) is 5.02 Å². The van der Waals surface area contributed by atoms with Gasteiger partial charge in [0.1, 0.15) is 11.5 Å². The maximum atomic E-state index is 13.1. The average Bonchev–Trinajstić information content (AvgIpc) is 3.09. The Labute approximate surface area is 189 Å². The number of ether oxygens (including phenoxy) is 1. The molecule has 0 radical (unpaired) electrons. The molecule has 1 amide bonds. The highest BCUT2D eigenvalue weighted by Crippen LogP contribution is 2.42. The summed E-state index contributed by atoms with van der Waals surface area (Å²) >= 11 is 5.95. The fourth-order valence-electron chi connectivity index (χ4n) is 3.69. The van der Waals surface area contributed by atoms with Gasteiger partial charge in [-0.05, 0) is 66.2 Å². The third-order valence-electron chi connectivity index (χ3n) is 5.25. The number of amides is 1. The zero-order chi connectivity index (χ0) is 22.8. The molecule has 1 aliphatic heterocycles. The summed E-state index contributed by atoms with van der Waals surface area (Å²) in [6.45, 7) is 0. The number of rotatable bonds is 4. The molecule has 3 aromatic carbocycles. The number of benzene rings is 3. The van der Waals surface area contributed by atoms with Crippen LogP contribution >= 0.6 is 11.6 Å². The Morgan fingerprint density at radius 2 is 1.75 bits per heavy atom. The molecule has 1 heterocycles. The molecule has 1 unspecified atom stereocenters. The van der Waals surface area contributed by atoms with Crippen LogP contribution < -0.4 is 9.64 Å². The quantitative estimate of drug-likeness (QED) is 0.353. The van der Waals surface area contributed by atoms with Gasteiger partial charge in [-0.25, -0.2) is 0 Å². The van der Waals surface area contributed by atoms with Crippen LogP contribution in [0.25, 0.3) is 5.76 Å². The number of anilines is 1. The van der Waals surface area contributed by atoms with E-state index in [0.717, 1.165) is 0 Å². The van der Waals surface area contributed by atoms with Gasteiger partial charge in [0.2, 0.25) is 0 Å². The third-order valence-corrected chi connectivity index (χ3v) is 5.50. The number of aliphatic hydroxyl groups excluding tert-OH is 1. The maximum Gasteiger partial charge on any atom is 0.300 e. The molecule has 4 rings (SSSR count). The van der Waals surface area contributed by atoms with Crippen molar-refractivity contribution in [1.29, 1.82) is 5.26 Å². The second kappa shape index (κ2) is 8.58. The first-order valence-corrected chi connectivity index (χ1v) is 10.0. The molecule has 1 N–H and O–H groups in total. The minimum atomic E-state index is -0.895. The molecular weight excluding hydrogens is 428 g/mol. The highest BCUT2D eigenvalue weighted by molar-refractivity contribution is 6.51. The summed E-state index contributed by atoms with van der Waals surface area (Å²) < 4.78 is 5.32. The van der Waals surface area contributed by atoms with Crippen molar-refractivity contribution in [2.24, 2.45) is 0 Å². The molecule has 1 saturated heterocycles. The number of carbonyl (C=O) groups excluding carboxylic acids is 2. The first kappa shape index (κ1) is 21.2. The van der Waals surface area contributed by atoms with Crippen LogP contribution in [0.1, 0.15) is 22.7 Å². The van der Waals surface area contributed by atoms with Crippen LogP contribution in [0, 0.1) is 11.3 Å². The maximum absolute atomic E-state index is 13.1. The number of aliphatic hydroxyl groups is 1. The molecule has 6 nitrogen and oxygen atoms in total. The van der Waals surface area contributed by atoms with Gasteiger partial charge in [0, 0.05) is 16.3 Å². The van der Waals surface area contributed by atoms with Crippen molar-refractivity contribution < 1.29 is 19.4 Å². The Hall–Kier alpha value is -4.08. The lowest BCUT2D eigenvalue weighted by Gasteiger charge is -2.25. The minimum absolute atomic E-state index is 0.0464. The summed E-state index contributed by atoms with van der Waals surface area (Å²) in [5.41, 5.74) is 1.75. The molecule has 158 valence electrons. The first-order valence-electron chi connectivity index (χ1n) is 9.65. The van der Waals surface area contributed by atoms with E-state index in [2.05, 4.69) is 0 Å². The van der Waals surface area contributed by atoms with Gasteiger partial charge in [-0.3, -0.25) is 14.5 Å². The Morgan fingerprint density at radius 3 is 2.38 bits per heavy atom. The topological polar surface area (TPSA) is 90.6 Å². The molecule has 32 heavy (non-hydrogen) atoms. The van der Waals surface area contributed by atoms with E-state index < -0.39 is 17.7 Å². The number of halogens is 1. The summed E-state index contributed by atoms with van der Waals surface area (Å²) in [6.07, 6.45) is 0. The molecule has 1 atom stereocenters. The number of Topliss-reactive ketones (excluding diaryl/α,β-unsaturated/α-hetero) is 1. The molecule has 7 heteroatoms. The van der Waals surface area contributed by atoms with Gasteiger partial charge in [0.05, 0.1) is 30.4 Å². The highest BCUT2D eigenvalue weighted by Gasteiger charge is 2.47. The van der Waals surface area contributed by atoms with Gasteiger partial charge in [0.15, 0.2) is 0 Å². The van der Waals surface area contributed by atoms with Crippen molar-refractivity contribution in [2.45, 2.75) is 6.04 Å². The van der Waals surface area contributed by atoms with Gasteiger partial charge in [0.25, 0.3) is 11.7 Å². The third kappa shape index (κ3) is 3.70. The molecule has 0 aromatic heterocycles. The SMILES string of the molecule is COc1cccc(C2/C(=C(/O)c3ccc(Cl)cc3)C(=O)C(=O)N2c2ccc(C#N)cc2)c1. The zero-order valence-corrected chi connectivity index (χ0v) is 17.7. The van der Waals surface area contributed by atoms with Crippen molar-refractivity contribution in [3.05, 3.63) is 100 Å². The van der Waals surface area contributed by atoms with Crippen molar-refractivity contribution in [3.63, 3.8) is 0 Å². The molecular formula is C25H17ClN2O4. The zero-order valence-electron chi connectivity index (χ0n) is 16.9. The van der Waals surface area contributed by atoms with Crippen LogP contribution in [-0.2, 0) is 9.59 Å². The van der Waals surface area contributed by atoms with E-state index in [0.29, 0.717) is 33.1 Å². The van der Waals surface area contributed by atoms with Crippen LogP contribution in [0.15, 0.2) is 78.4 Å². The molecule has 3 aromatic rings. The molecule has 1 aliphatic rings. The van der Waals surface area contributed by atoms with Gasteiger partial charge >= 0.3 is 0 Å². The molecule has 0 aliphatic carbocycles. The fourth-order valence-corrected chi connectivity index (χ4v) is 3.81. The van der Waals surface area contributed by atoms with E-state index in [4.69, 9.17) is 21.6 Å². The van der Waals surface area contributed by atoms with Crippen molar-refractivity contribution >= 4 is 34.7 Å². The molecule has 0 bridgehead atoms. The lowest BCUT2D eigenvalue weighted by atomic mass is 9.95. The van der Waals surface area contributed by atoms with Crippen LogP contribution in [0.3, 0.4) is 0 Å². The summed E-state index contributed by atoms with van der Waals surface area (Å²) in [6, 6.07) is 20.8. The molecule has 0 spiro atoms. The summed E-state index contributed by atoms with van der Waals surface area (Å²) in [5.74, 6) is -1.35. The summed E-state index contributed by atoms with van der Waals surface area (Å²) in [7, 11) is 1.52. The number of hydrogen-bond donors (Lipinski definition) is 1. The summed E-state index contributed by atoms with van der Waals surface area (Å²) in [4.78, 5) is 27.5. The number of ketones is 1. The second-order valence-electron chi connectivity index (χ2n) is 7.11. The Kier molecular flexibility index (Phi) is 5.67. The van der Waals surface area contributed by atoms with Gasteiger partial charge < -0.3 is 9.84 Å². The van der Waals surface area contributed by atoms with Crippen LogP contribution in [0.5, 0.6) is 5.75 Å². The Morgan fingerprint density at radius 1 is 1.06 bits per heavy atom. The van der Waals surface area contributed by atoms with E-state index >= 15 is 0 Å². The van der Waals surface area contributed by atoms with E-state index in [-0.39, 0.29) is 11.3 Å². The predicted octanol–water partition coefficient (Wildman–Crippen LogP) is 4.85. The smallest absolute Gasteiger partial charge is 0.300 e. The highest BCUT2D eigenvalue weighted by atomic mass is 35.5. The Balaban J connectivity index is 1.94. The average molecular weight is 445 g/mol. The van der Waals surface area contributed by atoms with E-state index in [1.54, 1.807) is 72.8 Å². The number of methoxy groups -OCH3 is 1. The number of nitriles is 1. The largest absolute Gasteiger partial charge is 0.507 e. The van der Waals surface area contributed by atoms with Crippen LogP contribution in [0.4, 0.5) is 5.69 Å². The first-order chi connectivity index (χ1) is 15.4. The number of nitrogens with zero attached hydrogens (tertiary/aromatic N) is 2. The normalized spacial score (nSPS) is 17.3. The second-order valence-corrected chi connectivity index (χ2v) is 7.55. The van der Waals surface area contributed by atoms with Crippen molar-refractivity contribution in [1.82, 2.24) is 0 Å². The van der Waals surface area contributed by atoms with E-state index in [9.17, 15) is 14.7 Å².